The second-order valence-corrected chi connectivity index (χ2v) is 7.97. The second kappa shape index (κ2) is 10.3. The fourth-order valence-corrected chi connectivity index (χ4v) is 3.85. The molecule has 1 fully saturated rings. The molecular weight excluding hydrogens is 392 g/mol. The van der Waals surface area contributed by atoms with Gasteiger partial charge in [0.15, 0.2) is 5.69 Å². The molecule has 3 heterocycles. The molecule has 164 valence electrons. The van der Waals surface area contributed by atoms with Gasteiger partial charge in [-0.1, -0.05) is 18.0 Å². The number of methoxy groups -OCH3 is 1. The first-order chi connectivity index (χ1) is 15.2. The normalized spacial score (nSPS) is 15.9. The van der Waals surface area contributed by atoms with E-state index in [2.05, 4.69) is 37.5 Å². The van der Waals surface area contributed by atoms with Gasteiger partial charge >= 0.3 is 0 Å². The fraction of sp³-hybridized carbons (Fsp3) is 0.478. The molecule has 1 aromatic carbocycles. The van der Waals surface area contributed by atoms with Gasteiger partial charge in [0, 0.05) is 18.2 Å². The Morgan fingerprint density at radius 3 is 2.48 bits per heavy atom. The zero-order valence-corrected chi connectivity index (χ0v) is 18.3. The maximum atomic E-state index is 5.37. The molecule has 1 saturated heterocycles. The summed E-state index contributed by atoms with van der Waals surface area (Å²) in [6, 6.07) is 11.8. The third kappa shape index (κ3) is 5.58. The molecule has 2 aromatic heterocycles. The van der Waals surface area contributed by atoms with Crippen molar-refractivity contribution < 1.29 is 9.26 Å². The quantitative estimate of drug-likeness (QED) is 0.576. The van der Waals surface area contributed by atoms with Crippen LogP contribution in [0.5, 0.6) is 5.75 Å². The van der Waals surface area contributed by atoms with Crippen LogP contribution >= 0.6 is 0 Å². The van der Waals surface area contributed by atoms with Crippen LogP contribution in [-0.2, 0) is 0 Å². The summed E-state index contributed by atoms with van der Waals surface area (Å²) in [5, 5.41) is 15.9. The smallest absolute Gasteiger partial charge is 0.278 e. The first-order valence-corrected chi connectivity index (χ1v) is 11.0. The van der Waals surface area contributed by atoms with Crippen LogP contribution in [0.2, 0.25) is 0 Å². The van der Waals surface area contributed by atoms with Gasteiger partial charge in [-0.25, -0.2) is 0 Å². The number of benzene rings is 1. The maximum absolute atomic E-state index is 5.37. The topological polar surface area (TPSA) is 89.2 Å². The highest BCUT2D eigenvalue weighted by atomic mass is 16.5. The molecule has 0 saturated carbocycles. The van der Waals surface area contributed by atoms with E-state index in [4.69, 9.17) is 9.26 Å². The molecular formula is C23H30N6O2. The summed E-state index contributed by atoms with van der Waals surface area (Å²) in [6.07, 6.45) is 6.45. The van der Waals surface area contributed by atoms with E-state index in [1.807, 2.05) is 36.4 Å². The van der Waals surface area contributed by atoms with E-state index in [1.54, 1.807) is 7.11 Å². The lowest BCUT2D eigenvalue weighted by Gasteiger charge is -2.27. The Morgan fingerprint density at radius 2 is 1.81 bits per heavy atom. The average Bonchev–Trinajstić information content (AvgIpc) is 3.14. The Bertz CT molecular complexity index is 933. The molecule has 0 radical (unpaired) electrons. The second-order valence-electron chi connectivity index (χ2n) is 7.97. The lowest BCUT2D eigenvalue weighted by Crippen LogP contribution is -2.35. The molecule has 4 rings (SSSR count). The van der Waals surface area contributed by atoms with Crippen LogP contribution in [0.3, 0.4) is 0 Å². The number of hydrogen-bond donors (Lipinski definition) is 1. The minimum atomic E-state index is 0.347. The molecule has 8 nitrogen and oxygen atoms in total. The number of rotatable bonds is 8. The van der Waals surface area contributed by atoms with Crippen molar-refractivity contribution in [3.8, 4) is 28.7 Å². The number of hydrogen-bond acceptors (Lipinski definition) is 8. The van der Waals surface area contributed by atoms with Gasteiger partial charge in [-0.05, 0) is 75.7 Å². The Hall–Kier alpha value is -3.00. The van der Waals surface area contributed by atoms with E-state index < -0.39 is 0 Å². The number of anilines is 1. The number of aromatic nitrogens is 4. The van der Waals surface area contributed by atoms with Crippen LogP contribution in [0.4, 0.5) is 5.82 Å². The molecule has 0 spiro atoms. The van der Waals surface area contributed by atoms with Crippen LogP contribution in [0.25, 0.3) is 23.0 Å². The lowest BCUT2D eigenvalue weighted by molar-refractivity contribution is 0.210. The Kier molecular flexibility index (Phi) is 7.09. The molecule has 1 N–H and O–H groups in total. The number of ether oxygens (including phenoxy) is 1. The molecule has 1 atom stereocenters. The molecule has 0 bridgehead atoms. The highest BCUT2D eigenvalue weighted by Crippen LogP contribution is 2.23. The molecule has 0 aliphatic carbocycles. The number of nitrogens with one attached hydrogen (secondary N) is 1. The van der Waals surface area contributed by atoms with Crippen molar-refractivity contribution >= 4 is 5.82 Å². The third-order valence-corrected chi connectivity index (χ3v) is 5.79. The summed E-state index contributed by atoms with van der Waals surface area (Å²) >= 11 is 0. The van der Waals surface area contributed by atoms with E-state index in [0.717, 1.165) is 30.1 Å². The van der Waals surface area contributed by atoms with Gasteiger partial charge in [-0.15, -0.1) is 10.2 Å². The number of likely N-dealkylation sites (tertiary alicyclic amines) is 1. The Morgan fingerprint density at radius 1 is 1.03 bits per heavy atom. The van der Waals surface area contributed by atoms with Crippen molar-refractivity contribution in [2.24, 2.45) is 0 Å². The molecule has 31 heavy (non-hydrogen) atoms. The summed E-state index contributed by atoms with van der Waals surface area (Å²) in [6.45, 7) is 5.63. The van der Waals surface area contributed by atoms with Crippen LogP contribution in [0.15, 0.2) is 40.9 Å². The molecule has 1 aliphatic heterocycles. The first kappa shape index (κ1) is 21.2. The fourth-order valence-electron chi connectivity index (χ4n) is 3.85. The minimum absolute atomic E-state index is 0.347. The van der Waals surface area contributed by atoms with Crippen molar-refractivity contribution in [2.75, 3.05) is 32.1 Å². The van der Waals surface area contributed by atoms with Gasteiger partial charge in [-0.3, -0.25) is 0 Å². The monoisotopic (exact) mass is 422 g/mol. The largest absolute Gasteiger partial charge is 0.497 e. The van der Waals surface area contributed by atoms with E-state index in [9.17, 15) is 0 Å². The van der Waals surface area contributed by atoms with Crippen molar-refractivity contribution in [3.05, 3.63) is 36.4 Å². The van der Waals surface area contributed by atoms with E-state index in [1.165, 1.54) is 38.8 Å². The van der Waals surface area contributed by atoms with E-state index in [0.29, 0.717) is 23.5 Å². The van der Waals surface area contributed by atoms with Crippen molar-refractivity contribution in [3.63, 3.8) is 0 Å². The molecule has 3 aromatic rings. The SMILES string of the molecule is COc1ccc(-c2noc(-c3ccc(NCC[C@@H](C)N4CCCCCC4)nn3)n2)cc1. The van der Waals surface area contributed by atoms with Crippen LogP contribution in [0.1, 0.15) is 39.0 Å². The first-order valence-electron chi connectivity index (χ1n) is 11.0. The van der Waals surface area contributed by atoms with Gasteiger partial charge in [0.2, 0.25) is 5.82 Å². The summed E-state index contributed by atoms with van der Waals surface area (Å²) in [5.74, 6) is 2.38. The highest BCUT2D eigenvalue weighted by molar-refractivity contribution is 5.59. The van der Waals surface area contributed by atoms with Crippen molar-refractivity contribution in [2.45, 2.75) is 45.1 Å². The van der Waals surface area contributed by atoms with Crippen LogP contribution in [0, 0.1) is 0 Å². The average molecular weight is 423 g/mol. The molecule has 8 heteroatoms. The highest BCUT2D eigenvalue weighted by Gasteiger charge is 2.16. The predicted octanol–water partition coefficient (Wildman–Crippen LogP) is 4.27. The maximum Gasteiger partial charge on any atom is 0.278 e. The zero-order valence-electron chi connectivity index (χ0n) is 18.3. The van der Waals surface area contributed by atoms with Gasteiger partial charge in [0.05, 0.1) is 7.11 Å². The van der Waals surface area contributed by atoms with Gasteiger partial charge in [-0.2, -0.15) is 4.98 Å². The van der Waals surface area contributed by atoms with E-state index >= 15 is 0 Å². The molecule has 0 amide bonds. The number of nitrogens with zero attached hydrogens (tertiary/aromatic N) is 5. The van der Waals surface area contributed by atoms with Gasteiger partial charge in [0.25, 0.3) is 5.89 Å². The third-order valence-electron chi connectivity index (χ3n) is 5.79. The molecule has 0 unspecified atom stereocenters. The summed E-state index contributed by atoms with van der Waals surface area (Å²) in [5.41, 5.74) is 1.40. The summed E-state index contributed by atoms with van der Waals surface area (Å²) < 4.78 is 10.5. The van der Waals surface area contributed by atoms with Crippen LogP contribution < -0.4 is 10.1 Å². The molecule has 1 aliphatic rings. The standard InChI is InChI=1S/C23H30N6O2/c1-17(29-15-5-3-4-6-16-29)13-14-24-21-12-11-20(26-27-21)23-25-22(28-31-23)18-7-9-19(30-2)10-8-18/h7-12,17H,3-6,13-16H2,1-2H3,(H,24,27)/t17-/m1/s1. The zero-order chi connectivity index (χ0) is 21.5. The predicted molar refractivity (Wildman–Crippen MR) is 120 cm³/mol. The Labute approximate surface area is 183 Å². The van der Waals surface area contributed by atoms with Crippen LogP contribution in [-0.4, -0.2) is 58.0 Å². The van der Waals surface area contributed by atoms with Gasteiger partial charge in [0.1, 0.15) is 11.6 Å². The minimum Gasteiger partial charge on any atom is -0.497 e. The lowest BCUT2D eigenvalue weighted by atomic mass is 10.2. The van der Waals surface area contributed by atoms with Crippen molar-refractivity contribution in [1.82, 2.24) is 25.2 Å². The van der Waals surface area contributed by atoms with E-state index in [-0.39, 0.29) is 0 Å². The van der Waals surface area contributed by atoms with Crippen molar-refractivity contribution in [1.29, 1.82) is 0 Å². The summed E-state index contributed by atoms with van der Waals surface area (Å²) in [4.78, 5) is 7.04. The Balaban J connectivity index is 1.30. The van der Waals surface area contributed by atoms with Gasteiger partial charge < -0.3 is 19.5 Å². The summed E-state index contributed by atoms with van der Waals surface area (Å²) in [7, 11) is 1.63.